The molecule has 0 aliphatic carbocycles. The molecule has 1 aromatic heterocycles. The lowest BCUT2D eigenvalue weighted by molar-refractivity contribution is -0.130. The van der Waals surface area contributed by atoms with E-state index >= 15 is 0 Å². The monoisotopic (exact) mass is 237 g/mol. The summed E-state index contributed by atoms with van der Waals surface area (Å²) in [6, 6.07) is 0. The van der Waals surface area contributed by atoms with E-state index in [9.17, 15) is 4.79 Å². The van der Waals surface area contributed by atoms with Gasteiger partial charge in [0.05, 0.1) is 12.1 Å². The lowest BCUT2D eigenvalue weighted by atomic mass is 10.1. The molecule has 0 radical (unpaired) electrons. The van der Waals surface area contributed by atoms with E-state index in [1.165, 1.54) is 0 Å². The Morgan fingerprint density at radius 2 is 1.82 bits per heavy atom. The van der Waals surface area contributed by atoms with Crippen LogP contribution in [0, 0.1) is 13.8 Å². The van der Waals surface area contributed by atoms with E-state index in [1.807, 2.05) is 18.7 Å². The summed E-state index contributed by atoms with van der Waals surface area (Å²) in [5.41, 5.74) is 2.99. The molecule has 0 fully saturated rings. The first-order chi connectivity index (χ1) is 8.10. The second-order valence-corrected chi connectivity index (χ2v) is 4.47. The Labute approximate surface area is 103 Å². The third kappa shape index (κ3) is 3.58. The van der Waals surface area contributed by atoms with Crippen molar-refractivity contribution >= 4 is 5.91 Å². The van der Waals surface area contributed by atoms with Gasteiger partial charge in [-0.05, 0) is 26.7 Å². The SMILES string of the molecule is CCCN(CCC)C(=O)Cc1c(C)n[nH]c1C. The molecular weight excluding hydrogens is 214 g/mol. The highest BCUT2D eigenvalue weighted by Gasteiger charge is 2.16. The summed E-state index contributed by atoms with van der Waals surface area (Å²) in [5, 5.41) is 7.05. The van der Waals surface area contributed by atoms with Crippen LogP contribution < -0.4 is 0 Å². The molecule has 1 N–H and O–H groups in total. The Hall–Kier alpha value is -1.32. The number of nitrogens with zero attached hydrogens (tertiary/aromatic N) is 2. The van der Waals surface area contributed by atoms with Crippen LogP contribution in [-0.2, 0) is 11.2 Å². The van der Waals surface area contributed by atoms with E-state index in [1.54, 1.807) is 0 Å². The molecule has 0 aliphatic heterocycles. The second-order valence-electron chi connectivity index (χ2n) is 4.47. The third-order valence-corrected chi connectivity index (χ3v) is 2.95. The summed E-state index contributed by atoms with van der Waals surface area (Å²) >= 11 is 0. The average Bonchev–Trinajstić information content (AvgIpc) is 2.60. The van der Waals surface area contributed by atoms with E-state index in [0.717, 1.165) is 42.9 Å². The number of aryl methyl sites for hydroxylation is 2. The smallest absolute Gasteiger partial charge is 0.227 e. The fourth-order valence-electron chi connectivity index (χ4n) is 2.00. The lowest BCUT2D eigenvalue weighted by Gasteiger charge is -2.21. The first-order valence-corrected chi connectivity index (χ1v) is 6.38. The van der Waals surface area contributed by atoms with Crippen molar-refractivity contribution in [1.29, 1.82) is 0 Å². The molecule has 0 aromatic carbocycles. The van der Waals surface area contributed by atoms with Gasteiger partial charge in [0.2, 0.25) is 5.91 Å². The molecule has 4 nitrogen and oxygen atoms in total. The zero-order valence-corrected chi connectivity index (χ0v) is 11.3. The molecule has 1 aromatic rings. The first-order valence-electron chi connectivity index (χ1n) is 6.38. The third-order valence-electron chi connectivity index (χ3n) is 2.95. The minimum Gasteiger partial charge on any atom is -0.342 e. The summed E-state index contributed by atoms with van der Waals surface area (Å²) < 4.78 is 0. The minimum absolute atomic E-state index is 0.210. The van der Waals surface area contributed by atoms with Crippen molar-refractivity contribution in [2.24, 2.45) is 0 Å². The first kappa shape index (κ1) is 13.7. The highest BCUT2D eigenvalue weighted by molar-refractivity contribution is 5.79. The molecular formula is C13H23N3O. The van der Waals surface area contributed by atoms with Crippen molar-refractivity contribution in [3.63, 3.8) is 0 Å². The molecule has 96 valence electrons. The molecule has 0 aliphatic rings. The maximum atomic E-state index is 12.2. The van der Waals surface area contributed by atoms with E-state index < -0.39 is 0 Å². The van der Waals surface area contributed by atoms with Crippen molar-refractivity contribution < 1.29 is 4.79 Å². The van der Waals surface area contributed by atoms with Crippen LogP contribution in [0.15, 0.2) is 0 Å². The lowest BCUT2D eigenvalue weighted by Crippen LogP contribution is -2.33. The van der Waals surface area contributed by atoms with Crippen molar-refractivity contribution in [2.45, 2.75) is 47.0 Å². The van der Waals surface area contributed by atoms with Crippen molar-refractivity contribution in [1.82, 2.24) is 15.1 Å². The minimum atomic E-state index is 0.210. The van der Waals surface area contributed by atoms with Gasteiger partial charge in [-0.2, -0.15) is 5.10 Å². The average molecular weight is 237 g/mol. The maximum absolute atomic E-state index is 12.2. The number of aromatic amines is 1. The van der Waals surface area contributed by atoms with E-state index in [0.29, 0.717) is 6.42 Å². The molecule has 0 saturated carbocycles. The van der Waals surface area contributed by atoms with Crippen LogP contribution in [0.5, 0.6) is 0 Å². The van der Waals surface area contributed by atoms with E-state index in [2.05, 4.69) is 24.0 Å². The van der Waals surface area contributed by atoms with Crippen LogP contribution in [0.4, 0.5) is 0 Å². The summed E-state index contributed by atoms with van der Waals surface area (Å²) in [6.45, 7) is 9.81. The quantitative estimate of drug-likeness (QED) is 0.824. The molecule has 17 heavy (non-hydrogen) atoms. The van der Waals surface area contributed by atoms with Crippen molar-refractivity contribution in [3.05, 3.63) is 17.0 Å². The topological polar surface area (TPSA) is 49.0 Å². The Kier molecular flexibility index (Phi) is 5.19. The fraction of sp³-hybridized carbons (Fsp3) is 0.692. The van der Waals surface area contributed by atoms with Gasteiger partial charge in [0, 0.05) is 24.3 Å². The van der Waals surface area contributed by atoms with Gasteiger partial charge in [0.25, 0.3) is 0 Å². The zero-order valence-electron chi connectivity index (χ0n) is 11.3. The second kappa shape index (κ2) is 6.42. The molecule has 0 saturated heterocycles. The molecule has 4 heteroatoms. The fourth-order valence-corrected chi connectivity index (χ4v) is 2.00. The van der Waals surface area contributed by atoms with Crippen LogP contribution in [0.2, 0.25) is 0 Å². The van der Waals surface area contributed by atoms with Crippen LogP contribution in [-0.4, -0.2) is 34.1 Å². The van der Waals surface area contributed by atoms with E-state index in [-0.39, 0.29) is 5.91 Å². The standard InChI is InChI=1S/C13H23N3O/c1-5-7-16(8-6-2)13(17)9-12-10(3)14-15-11(12)4/h5-9H2,1-4H3,(H,14,15). The number of H-pyrrole nitrogens is 1. The Balaban J connectivity index is 2.69. The van der Waals surface area contributed by atoms with E-state index in [4.69, 9.17) is 0 Å². The number of amides is 1. The highest BCUT2D eigenvalue weighted by Crippen LogP contribution is 2.11. The number of hydrogen-bond acceptors (Lipinski definition) is 2. The summed E-state index contributed by atoms with van der Waals surface area (Å²) in [6.07, 6.45) is 2.48. The largest absolute Gasteiger partial charge is 0.342 e. The predicted molar refractivity (Wildman–Crippen MR) is 68.9 cm³/mol. The number of hydrogen-bond donors (Lipinski definition) is 1. The van der Waals surface area contributed by atoms with Gasteiger partial charge in [-0.3, -0.25) is 9.89 Å². The summed E-state index contributed by atoms with van der Waals surface area (Å²) in [4.78, 5) is 14.1. The predicted octanol–water partition coefficient (Wildman–Crippen LogP) is 2.22. The van der Waals surface area contributed by atoms with Gasteiger partial charge in [-0.25, -0.2) is 0 Å². The number of rotatable bonds is 6. The van der Waals surface area contributed by atoms with Crippen LogP contribution in [0.3, 0.4) is 0 Å². The number of nitrogens with one attached hydrogen (secondary N) is 1. The summed E-state index contributed by atoms with van der Waals surface area (Å²) in [5.74, 6) is 0.210. The number of aromatic nitrogens is 2. The molecule has 1 heterocycles. The Morgan fingerprint density at radius 1 is 1.24 bits per heavy atom. The van der Waals surface area contributed by atoms with Crippen molar-refractivity contribution in [2.75, 3.05) is 13.1 Å². The number of carbonyl (C=O) groups is 1. The van der Waals surface area contributed by atoms with Crippen molar-refractivity contribution in [3.8, 4) is 0 Å². The van der Waals surface area contributed by atoms with Gasteiger partial charge in [-0.1, -0.05) is 13.8 Å². The van der Waals surface area contributed by atoms with Crippen LogP contribution >= 0.6 is 0 Å². The van der Waals surface area contributed by atoms with Gasteiger partial charge in [0.15, 0.2) is 0 Å². The highest BCUT2D eigenvalue weighted by atomic mass is 16.2. The summed E-state index contributed by atoms with van der Waals surface area (Å²) in [7, 11) is 0. The maximum Gasteiger partial charge on any atom is 0.227 e. The Bertz CT molecular complexity index is 345. The number of carbonyl (C=O) groups excluding carboxylic acids is 1. The van der Waals surface area contributed by atoms with Gasteiger partial charge in [-0.15, -0.1) is 0 Å². The van der Waals surface area contributed by atoms with Gasteiger partial charge < -0.3 is 4.90 Å². The van der Waals surface area contributed by atoms with Gasteiger partial charge in [0.1, 0.15) is 0 Å². The molecule has 0 bridgehead atoms. The van der Waals surface area contributed by atoms with Gasteiger partial charge >= 0.3 is 0 Å². The Morgan fingerprint density at radius 3 is 2.24 bits per heavy atom. The molecule has 0 spiro atoms. The molecule has 1 amide bonds. The zero-order chi connectivity index (χ0) is 12.8. The van der Waals surface area contributed by atoms with Crippen LogP contribution in [0.1, 0.15) is 43.6 Å². The molecule has 0 unspecified atom stereocenters. The normalized spacial score (nSPS) is 10.6. The molecule has 1 rings (SSSR count). The molecule has 0 atom stereocenters. The van der Waals surface area contributed by atoms with Crippen LogP contribution in [0.25, 0.3) is 0 Å².